The van der Waals surface area contributed by atoms with Crippen LogP contribution in [-0.2, 0) is 17.9 Å². The number of benzene rings is 1. The van der Waals surface area contributed by atoms with E-state index in [1.807, 2.05) is 40.6 Å². The Balaban J connectivity index is 1.75. The van der Waals surface area contributed by atoms with Crippen molar-refractivity contribution in [3.05, 3.63) is 52.2 Å². The third kappa shape index (κ3) is 4.61. The Labute approximate surface area is 153 Å². The maximum absolute atomic E-state index is 13.0. The number of methoxy groups -OCH3 is 1. The Kier molecular flexibility index (Phi) is 6.10. The molecule has 0 bridgehead atoms. The second kappa shape index (κ2) is 8.50. The van der Waals surface area contributed by atoms with E-state index in [1.165, 1.54) is 4.88 Å². The maximum atomic E-state index is 13.0. The minimum absolute atomic E-state index is 0.166. The van der Waals surface area contributed by atoms with Crippen LogP contribution in [0.1, 0.15) is 36.1 Å². The van der Waals surface area contributed by atoms with Crippen molar-refractivity contribution in [2.45, 2.75) is 44.8 Å². The van der Waals surface area contributed by atoms with Crippen LogP contribution in [0.15, 0.2) is 41.8 Å². The lowest BCUT2D eigenvalue weighted by Crippen LogP contribution is -2.34. The number of nitrogens with two attached hydrogens (primary N) is 1. The van der Waals surface area contributed by atoms with Crippen LogP contribution in [-0.4, -0.2) is 24.0 Å². The first kappa shape index (κ1) is 18.0. The third-order valence-corrected chi connectivity index (χ3v) is 5.85. The lowest BCUT2D eigenvalue weighted by molar-refractivity contribution is -0.133. The summed E-state index contributed by atoms with van der Waals surface area (Å²) in [4.78, 5) is 16.1. The third-order valence-electron chi connectivity index (χ3n) is 4.99. The highest BCUT2D eigenvalue weighted by molar-refractivity contribution is 7.09. The van der Waals surface area contributed by atoms with Gasteiger partial charge in [-0.3, -0.25) is 4.79 Å². The molecule has 134 valence electrons. The van der Waals surface area contributed by atoms with Gasteiger partial charge in [0.05, 0.1) is 13.7 Å². The summed E-state index contributed by atoms with van der Waals surface area (Å²) in [7, 11) is 1.67. The van der Waals surface area contributed by atoms with E-state index in [-0.39, 0.29) is 11.9 Å². The molecule has 2 N–H and O–H groups in total. The van der Waals surface area contributed by atoms with Gasteiger partial charge >= 0.3 is 0 Å². The van der Waals surface area contributed by atoms with E-state index < -0.39 is 0 Å². The van der Waals surface area contributed by atoms with Crippen molar-refractivity contribution in [1.82, 2.24) is 4.90 Å². The normalized spacial score (nSPS) is 19.8. The monoisotopic (exact) mass is 358 g/mol. The summed E-state index contributed by atoms with van der Waals surface area (Å²) < 4.78 is 5.46. The quantitative estimate of drug-likeness (QED) is 0.819. The van der Waals surface area contributed by atoms with E-state index in [4.69, 9.17) is 10.5 Å². The van der Waals surface area contributed by atoms with Crippen molar-refractivity contribution < 1.29 is 9.53 Å². The van der Waals surface area contributed by atoms with Gasteiger partial charge in [0, 0.05) is 29.4 Å². The molecule has 0 saturated heterocycles. The maximum Gasteiger partial charge on any atom is 0.223 e. The predicted molar refractivity (Wildman–Crippen MR) is 102 cm³/mol. The Morgan fingerprint density at radius 2 is 2.08 bits per heavy atom. The van der Waals surface area contributed by atoms with Gasteiger partial charge in [0.2, 0.25) is 5.91 Å². The zero-order valence-corrected chi connectivity index (χ0v) is 15.5. The van der Waals surface area contributed by atoms with Gasteiger partial charge in [-0.2, -0.15) is 0 Å². The van der Waals surface area contributed by atoms with Crippen LogP contribution in [0.4, 0.5) is 0 Å². The van der Waals surface area contributed by atoms with Crippen LogP contribution in [0.3, 0.4) is 0 Å². The van der Waals surface area contributed by atoms with Gasteiger partial charge in [-0.25, -0.2) is 0 Å². The van der Waals surface area contributed by atoms with Crippen LogP contribution in [0.5, 0.6) is 5.75 Å². The largest absolute Gasteiger partial charge is 0.496 e. The zero-order valence-electron chi connectivity index (χ0n) is 14.7. The fourth-order valence-corrected chi connectivity index (χ4v) is 4.25. The van der Waals surface area contributed by atoms with Crippen molar-refractivity contribution >= 4 is 17.2 Å². The SMILES string of the molecule is COc1ccccc1CN(Cc1cccs1)C(=O)C[C@@H]1CCC[C@H]1N. The van der Waals surface area contributed by atoms with Crippen molar-refractivity contribution in [2.75, 3.05) is 7.11 Å². The molecule has 3 rings (SSSR count). The van der Waals surface area contributed by atoms with E-state index in [9.17, 15) is 4.79 Å². The molecule has 0 spiro atoms. The van der Waals surface area contributed by atoms with E-state index in [2.05, 4.69) is 6.07 Å². The molecule has 1 aromatic carbocycles. The smallest absolute Gasteiger partial charge is 0.223 e. The summed E-state index contributed by atoms with van der Waals surface area (Å²) in [6.45, 7) is 1.19. The van der Waals surface area contributed by atoms with Gasteiger partial charge in [0.1, 0.15) is 5.75 Å². The van der Waals surface area contributed by atoms with Crippen molar-refractivity contribution in [1.29, 1.82) is 0 Å². The highest BCUT2D eigenvalue weighted by Gasteiger charge is 2.28. The number of nitrogens with zero attached hydrogens (tertiary/aromatic N) is 1. The van der Waals surface area contributed by atoms with Gasteiger partial charge in [0.15, 0.2) is 0 Å². The van der Waals surface area contributed by atoms with Crippen LogP contribution in [0.2, 0.25) is 0 Å². The molecule has 1 aromatic heterocycles. The average Bonchev–Trinajstić information content (AvgIpc) is 3.27. The second-order valence-corrected chi connectivity index (χ2v) is 7.73. The molecule has 2 atom stereocenters. The molecule has 1 fully saturated rings. The fraction of sp³-hybridized carbons (Fsp3) is 0.450. The van der Waals surface area contributed by atoms with Gasteiger partial charge in [0.25, 0.3) is 0 Å². The number of carbonyl (C=O) groups is 1. The molecule has 0 radical (unpaired) electrons. The average molecular weight is 359 g/mol. The van der Waals surface area contributed by atoms with Crippen molar-refractivity contribution in [3.8, 4) is 5.75 Å². The number of hydrogen-bond donors (Lipinski definition) is 1. The predicted octanol–water partition coefficient (Wildman–Crippen LogP) is 3.80. The standard InChI is InChI=1S/C20H26N2O2S/c1-24-19-10-3-2-6-16(19)13-22(14-17-8-5-11-25-17)20(23)12-15-7-4-9-18(15)21/h2-3,5-6,8,10-11,15,18H,4,7,9,12-14,21H2,1H3/t15-,18+/m0/s1. The molecule has 4 nitrogen and oxygen atoms in total. The number of para-hydroxylation sites is 1. The second-order valence-electron chi connectivity index (χ2n) is 6.70. The molecular weight excluding hydrogens is 332 g/mol. The van der Waals surface area contributed by atoms with E-state index >= 15 is 0 Å². The van der Waals surface area contributed by atoms with Crippen molar-refractivity contribution in [3.63, 3.8) is 0 Å². The van der Waals surface area contributed by atoms with E-state index in [0.29, 0.717) is 25.4 Å². The number of carbonyl (C=O) groups excluding carboxylic acids is 1. The summed E-state index contributed by atoms with van der Waals surface area (Å²) in [5.41, 5.74) is 7.21. The molecule has 1 heterocycles. The summed E-state index contributed by atoms with van der Waals surface area (Å²) in [5, 5.41) is 2.05. The van der Waals surface area contributed by atoms with E-state index in [1.54, 1.807) is 18.4 Å². The zero-order chi connectivity index (χ0) is 17.6. The number of rotatable bonds is 7. The minimum Gasteiger partial charge on any atom is -0.496 e. The summed E-state index contributed by atoms with van der Waals surface area (Å²) in [6.07, 6.45) is 3.78. The molecule has 1 amide bonds. The van der Waals surface area contributed by atoms with Crippen LogP contribution in [0, 0.1) is 5.92 Å². The first-order valence-corrected chi connectivity index (χ1v) is 9.73. The van der Waals surface area contributed by atoms with Gasteiger partial charge in [-0.05, 0) is 36.3 Å². The summed E-state index contributed by atoms with van der Waals surface area (Å²) >= 11 is 1.68. The highest BCUT2D eigenvalue weighted by Crippen LogP contribution is 2.29. The lowest BCUT2D eigenvalue weighted by atomic mass is 9.99. The molecule has 2 aromatic rings. The number of thiophene rings is 1. The van der Waals surface area contributed by atoms with Gasteiger partial charge in [-0.1, -0.05) is 30.7 Å². The molecule has 0 unspecified atom stereocenters. The van der Waals surface area contributed by atoms with E-state index in [0.717, 1.165) is 30.6 Å². The Morgan fingerprint density at radius 1 is 1.24 bits per heavy atom. The Morgan fingerprint density at radius 3 is 2.76 bits per heavy atom. The topological polar surface area (TPSA) is 55.6 Å². The molecule has 1 aliphatic rings. The molecule has 1 saturated carbocycles. The van der Waals surface area contributed by atoms with Crippen molar-refractivity contribution in [2.24, 2.45) is 11.7 Å². The molecule has 1 aliphatic carbocycles. The number of amides is 1. The molecular formula is C20H26N2O2S. The first-order chi connectivity index (χ1) is 12.2. The summed E-state index contributed by atoms with van der Waals surface area (Å²) in [5.74, 6) is 1.32. The molecule has 5 heteroatoms. The number of hydrogen-bond acceptors (Lipinski definition) is 4. The summed E-state index contributed by atoms with van der Waals surface area (Å²) in [6, 6.07) is 12.2. The fourth-order valence-electron chi connectivity index (χ4n) is 3.53. The Bertz CT molecular complexity index is 687. The molecule has 0 aliphatic heterocycles. The van der Waals surface area contributed by atoms with Crippen LogP contribution in [0.25, 0.3) is 0 Å². The lowest BCUT2D eigenvalue weighted by Gasteiger charge is -2.25. The van der Waals surface area contributed by atoms with Crippen LogP contribution < -0.4 is 10.5 Å². The first-order valence-electron chi connectivity index (χ1n) is 8.85. The van der Waals surface area contributed by atoms with Gasteiger partial charge < -0.3 is 15.4 Å². The Hall–Kier alpha value is -1.85. The minimum atomic E-state index is 0.166. The van der Waals surface area contributed by atoms with Gasteiger partial charge in [-0.15, -0.1) is 11.3 Å². The number of ether oxygens (including phenoxy) is 1. The highest BCUT2D eigenvalue weighted by atomic mass is 32.1. The molecule has 25 heavy (non-hydrogen) atoms. The van der Waals surface area contributed by atoms with Crippen LogP contribution >= 0.6 is 11.3 Å².